The summed E-state index contributed by atoms with van der Waals surface area (Å²) in [5, 5.41) is 13.2. The molecule has 0 saturated carbocycles. The van der Waals surface area contributed by atoms with Gasteiger partial charge in [0.15, 0.2) is 11.0 Å². The number of nitrogens with one attached hydrogen (secondary N) is 1. The third-order valence-corrected chi connectivity index (χ3v) is 7.25. The Hall–Kier alpha value is -3.94. The number of para-hydroxylation sites is 1. The molecule has 0 saturated heterocycles. The number of hydrogen-bond acceptors (Lipinski definition) is 5. The molecule has 1 N–H and O–H groups in total. The van der Waals surface area contributed by atoms with Gasteiger partial charge < -0.3 is 5.32 Å². The molecule has 1 amide bonds. The quantitative estimate of drug-likeness (QED) is 0.231. The normalized spacial score (nSPS) is 10.9. The molecule has 0 aliphatic heterocycles. The van der Waals surface area contributed by atoms with Crippen LogP contribution in [0.4, 0.5) is 5.69 Å². The molecule has 37 heavy (non-hydrogen) atoms. The second kappa shape index (κ2) is 11.4. The highest BCUT2D eigenvalue weighted by Gasteiger charge is 2.19. The van der Waals surface area contributed by atoms with Crippen LogP contribution in [0.1, 0.15) is 16.7 Å². The van der Waals surface area contributed by atoms with Crippen molar-refractivity contribution >= 4 is 35.0 Å². The summed E-state index contributed by atoms with van der Waals surface area (Å²) in [4.78, 5) is 17.1. The minimum Gasteiger partial charge on any atom is -0.325 e. The Bertz CT molecular complexity index is 1520. The van der Waals surface area contributed by atoms with Crippen molar-refractivity contribution in [2.45, 2.75) is 18.5 Å². The van der Waals surface area contributed by atoms with Crippen molar-refractivity contribution in [3.05, 3.63) is 119 Å². The molecule has 2 heterocycles. The first-order chi connectivity index (χ1) is 18.1. The van der Waals surface area contributed by atoms with E-state index in [1.54, 1.807) is 12.4 Å². The number of nitrogens with zero attached hydrogens (tertiary/aromatic N) is 4. The van der Waals surface area contributed by atoms with Gasteiger partial charge in [0.1, 0.15) is 0 Å². The number of carbonyl (C=O) groups excluding carboxylic acids is 1. The number of hydrogen-bond donors (Lipinski definition) is 1. The fraction of sp³-hybridized carbons (Fsp3) is 0.103. The van der Waals surface area contributed by atoms with E-state index in [9.17, 15) is 4.79 Å². The topological polar surface area (TPSA) is 72.7 Å². The van der Waals surface area contributed by atoms with Gasteiger partial charge in [0.2, 0.25) is 5.91 Å². The molecule has 0 unspecified atom stereocenters. The van der Waals surface area contributed by atoms with Gasteiger partial charge in [0.25, 0.3) is 0 Å². The van der Waals surface area contributed by atoms with Crippen LogP contribution in [-0.4, -0.2) is 31.4 Å². The van der Waals surface area contributed by atoms with Crippen LogP contribution in [0.25, 0.3) is 17.1 Å². The Morgan fingerprint density at radius 1 is 0.919 bits per heavy atom. The lowest BCUT2D eigenvalue weighted by molar-refractivity contribution is -0.113. The van der Waals surface area contributed by atoms with Crippen LogP contribution in [0.5, 0.6) is 0 Å². The predicted octanol–water partition coefficient (Wildman–Crippen LogP) is 6.61. The van der Waals surface area contributed by atoms with Crippen molar-refractivity contribution in [2.24, 2.45) is 0 Å². The zero-order valence-corrected chi connectivity index (χ0v) is 21.7. The summed E-state index contributed by atoms with van der Waals surface area (Å²) in [7, 11) is 0. The summed E-state index contributed by atoms with van der Waals surface area (Å²) in [5.74, 6) is 0.713. The van der Waals surface area contributed by atoms with Crippen molar-refractivity contribution < 1.29 is 4.79 Å². The first kappa shape index (κ1) is 24.7. The number of benzene rings is 3. The molecule has 0 fully saturated rings. The predicted molar refractivity (Wildman–Crippen MR) is 149 cm³/mol. The highest BCUT2D eigenvalue weighted by molar-refractivity contribution is 7.99. The third kappa shape index (κ3) is 5.74. The minimum atomic E-state index is -0.117. The van der Waals surface area contributed by atoms with Gasteiger partial charge in [-0.25, -0.2) is 0 Å². The molecule has 0 spiro atoms. The zero-order valence-electron chi connectivity index (χ0n) is 20.1. The van der Waals surface area contributed by atoms with Crippen molar-refractivity contribution in [1.82, 2.24) is 19.7 Å². The van der Waals surface area contributed by atoms with Crippen LogP contribution in [0.15, 0.2) is 102 Å². The largest absolute Gasteiger partial charge is 0.325 e. The number of amides is 1. The summed E-state index contributed by atoms with van der Waals surface area (Å²) in [5.41, 5.74) is 5.69. The molecule has 0 atom stereocenters. The molecule has 184 valence electrons. The highest BCUT2D eigenvalue weighted by Crippen LogP contribution is 2.31. The van der Waals surface area contributed by atoms with Gasteiger partial charge in [0, 0.05) is 28.7 Å². The van der Waals surface area contributed by atoms with Crippen molar-refractivity contribution in [2.75, 3.05) is 11.1 Å². The smallest absolute Gasteiger partial charge is 0.234 e. The van der Waals surface area contributed by atoms with Crippen LogP contribution < -0.4 is 5.32 Å². The molecule has 0 radical (unpaired) electrons. The molecule has 0 aliphatic carbocycles. The maximum absolute atomic E-state index is 13.0. The number of aromatic nitrogens is 4. The van der Waals surface area contributed by atoms with E-state index in [4.69, 9.17) is 11.6 Å². The fourth-order valence-corrected chi connectivity index (χ4v) is 4.95. The Morgan fingerprint density at radius 2 is 1.68 bits per heavy atom. The lowest BCUT2D eigenvalue weighted by Crippen LogP contribution is -2.16. The van der Waals surface area contributed by atoms with E-state index in [1.807, 2.05) is 84.3 Å². The van der Waals surface area contributed by atoms with E-state index in [0.717, 1.165) is 34.5 Å². The van der Waals surface area contributed by atoms with E-state index in [0.29, 0.717) is 16.0 Å². The first-order valence-corrected chi connectivity index (χ1v) is 13.1. The molecule has 0 bridgehead atoms. The maximum Gasteiger partial charge on any atom is 0.234 e. The highest BCUT2D eigenvalue weighted by atomic mass is 35.5. The number of rotatable bonds is 8. The summed E-state index contributed by atoms with van der Waals surface area (Å²) in [6.07, 6.45) is 4.17. The monoisotopic (exact) mass is 525 g/mol. The SMILES string of the molecule is Cc1c(Cl)cccc1-n1c(SCC(=O)Nc2ccccc2Cc2ccccc2)nnc1-c1ccncc1. The number of pyridine rings is 1. The summed E-state index contributed by atoms with van der Waals surface area (Å²) >= 11 is 7.76. The molecular weight excluding hydrogens is 502 g/mol. The molecule has 2 aromatic heterocycles. The standard InChI is InChI=1S/C29H24ClN5OS/c1-20-24(30)11-7-13-26(20)35-28(22-14-16-31-17-15-22)33-34-29(35)37-19-27(36)32-25-12-6-5-10-23(25)18-21-8-3-2-4-9-21/h2-17H,18-19H2,1H3,(H,32,36). The first-order valence-electron chi connectivity index (χ1n) is 11.8. The number of carbonyl (C=O) groups is 1. The molecular formula is C29H24ClN5OS. The maximum atomic E-state index is 13.0. The van der Waals surface area contributed by atoms with E-state index in [2.05, 4.69) is 32.6 Å². The Morgan fingerprint density at radius 3 is 2.49 bits per heavy atom. The van der Waals surface area contributed by atoms with Gasteiger partial charge in [-0.1, -0.05) is 78.0 Å². The lowest BCUT2D eigenvalue weighted by atomic mass is 10.0. The van der Waals surface area contributed by atoms with Gasteiger partial charge in [0.05, 0.1) is 11.4 Å². The lowest BCUT2D eigenvalue weighted by Gasteiger charge is -2.14. The van der Waals surface area contributed by atoms with E-state index >= 15 is 0 Å². The second-order valence-electron chi connectivity index (χ2n) is 8.42. The Balaban J connectivity index is 1.38. The van der Waals surface area contributed by atoms with Crippen LogP contribution in [0, 0.1) is 6.92 Å². The summed E-state index contributed by atoms with van der Waals surface area (Å²) in [6.45, 7) is 1.96. The van der Waals surface area contributed by atoms with Gasteiger partial charge in [-0.15, -0.1) is 10.2 Å². The van der Waals surface area contributed by atoms with Crippen molar-refractivity contribution in [3.8, 4) is 17.1 Å². The van der Waals surface area contributed by atoms with Crippen LogP contribution in [0.2, 0.25) is 5.02 Å². The zero-order chi connectivity index (χ0) is 25.6. The van der Waals surface area contributed by atoms with Gasteiger partial charge in [-0.05, 0) is 60.4 Å². The molecule has 0 aliphatic rings. The van der Waals surface area contributed by atoms with Crippen molar-refractivity contribution in [3.63, 3.8) is 0 Å². The number of anilines is 1. The molecule has 8 heteroatoms. The fourth-order valence-electron chi connectivity index (χ4n) is 4.04. The average molecular weight is 526 g/mol. The van der Waals surface area contributed by atoms with Crippen molar-refractivity contribution in [1.29, 1.82) is 0 Å². The average Bonchev–Trinajstić information content (AvgIpc) is 3.35. The summed E-state index contributed by atoms with van der Waals surface area (Å²) < 4.78 is 1.94. The van der Waals surface area contributed by atoms with Gasteiger partial charge in [-0.3, -0.25) is 14.3 Å². The Kier molecular flexibility index (Phi) is 7.63. The molecule has 3 aromatic carbocycles. The van der Waals surface area contributed by atoms with Gasteiger partial charge >= 0.3 is 0 Å². The summed E-state index contributed by atoms with van der Waals surface area (Å²) in [6, 6.07) is 27.6. The van der Waals surface area contributed by atoms with E-state index in [-0.39, 0.29) is 11.7 Å². The number of thioether (sulfide) groups is 1. The second-order valence-corrected chi connectivity index (χ2v) is 9.77. The number of halogens is 1. The molecule has 5 aromatic rings. The Labute approximate surface area is 224 Å². The van der Waals surface area contributed by atoms with E-state index < -0.39 is 0 Å². The van der Waals surface area contributed by atoms with Crippen LogP contribution >= 0.6 is 23.4 Å². The van der Waals surface area contributed by atoms with E-state index in [1.165, 1.54) is 17.3 Å². The molecule has 5 rings (SSSR count). The van der Waals surface area contributed by atoms with Crippen LogP contribution in [-0.2, 0) is 11.2 Å². The van der Waals surface area contributed by atoms with Gasteiger partial charge in [-0.2, -0.15) is 0 Å². The third-order valence-electron chi connectivity index (χ3n) is 5.91. The van der Waals surface area contributed by atoms with Crippen LogP contribution in [0.3, 0.4) is 0 Å². The minimum absolute atomic E-state index is 0.117. The molecule has 6 nitrogen and oxygen atoms in total.